The van der Waals surface area contributed by atoms with Crippen LogP contribution in [0.1, 0.15) is 0 Å². The average molecular weight is 248 g/mol. The molecule has 0 amide bonds. The highest BCUT2D eigenvalue weighted by Gasteiger charge is 2.11. The minimum atomic E-state index is -2.51. The molecule has 1 aromatic heterocycles. The van der Waals surface area contributed by atoms with E-state index in [-0.39, 0.29) is 25.6 Å². The van der Waals surface area contributed by atoms with E-state index in [0.29, 0.717) is 0 Å². The summed E-state index contributed by atoms with van der Waals surface area (Å²) in [6.07, 6.45) is 2.57. The van der Waals surface area contributed by atoms with Crippen LogP contribution in [0.25, 0.3) is 0 Å². The zero-order valence-electron chi connectivity index (χ0n) is 8.16. The molecule has 16 heavy (non-hydrogen) atoms. The fourth-order valence-corrected chi connectivity index (χ4v) is 1.41. The third-order valence-electron chi connectivity index (χ3n) is 1.58. The lowest BCUT2D eigenvalue weighted by molar-refractivity contribution is -0.135. The van der Waals surface area contributed by atoms with Crippen LogP contribution in [0.2, 0.25) is 0 Å². The van der Waals surface area contributed by atoms with Gasteiger partial charge in [-0.1, -0.05) is 0 Å². The number of nitrogens with one attached hydrogen (secondary N) is 1. The van der Waals surface area contributed by atoms with Gasteiger partial charge in [-0.25, -0.2) is 4.98 Å². The van der Waals surface area contributed by atoms with Gasteiger partial charge in [0.1, 0.15) is 6.26 Å². The lowest BCUT2D eigenvalue weighted by Gasteiger charge is -2.21. The first-order valence-electron chi connectivity index (χ1n) is 4.30. The summed E-state index contributed by atoms with van der Waals surface area (Å²) in [7, 11) is 0. The topological polar surface area (TPSA) is 119 Å². The lowest BCUT2D eigenvalue weighted by atomic mass is 10.5. The molecule has 9 heteroatoms. The van der Waals surface area contributed by atoms with Gasteiger partial charge >= 0.3 is 12.0 Å². The molecule has 8 nitrogen and oxygen atoms in total. The highest BCUT2D eigenvalue weighted by atomic mass is 32.2. The summed E-state index contributed by atoms with van der Waals surface area (Å²) in [6, 6.07) is -0.0505. The van der Waals surface area contributed by atoms with E-state index in [1.54, 1.807) is 0 Å². The first-order chi connectivity index (χ1) is 7.61. The molecule has 0 fully saturated rings. The van der Waals surface area contributed by atoms with Crippen LogP contribution < -0.4 is 9.62 Å². The van der Waals surface area contributed by atoms with Gasteiger partial charge in [-0.3, -0.25) is 13.3 Å². The number of oxazole rings is 1. The molecule has 0 radical (unpaired) electrons. The predicted molar refractivity (Wildman–Crippen MR) is 53.3 cm³/mol. The number of hydrogen-bond donors (Lipinski definition) is 2. The van der Waals surface area contributed by atoms with Gasteiger partial charge in [0.05, 0.1) is 24.0 Å². The van der Waals surface area contributed by atoms with Crippen LogP contribution >= 0.6 is 0 Å². The Morgan fingerprint density at radius 1 is 1.75 bits per heavy atom. The molecule has 1 heterocycles. The summed E-state index contributed by atoms with van der Waals surface area (Å²) in [5.74, 6) is -1.01. The Labute approximate surface area is 93.7 Å². The van der Waals surface area contributed by atoms with E-state index >= 15 is 0 Å². The van der Waals surface area contributed by atoms with E-state index in [9.17, 15) is 13.6 Å². The number of carboxylic acid groups (broad SMARTS) is 1. The summed E-state index contributed by atoms with van der Waals surface area (Å²) >= 11 is -2.51. The van der Waals surface area contributed by atoms with E-state index in [0.717, 1.165) is 4.31 Å². The van der Waals surface area contributed by atoms with Crippen LogP contribution in [-0.2, 0) is 16.1 Å². The van der Waals surface area contributed by atoms with E-state index in [2.05, 4.69) is 10.3 Å². The Morgan fingerprint density at radius 3 is 3.00 bits per heavy atom. The van der Waals surface area contributed by atoms with E-state index < -0.39 is 17.2 Å². The molecule has 2 N–H and O–H groups in total. The van der Waals surface area contributed by atoms with Crippen molar-refractivity contribution in [3.8, 4) is 0 Å². The predicted octanol–water partition coefficient (Wildman–Crippen LogP) is -1.05. The maximum atomic E-state index is 10.8. The van der Waals surface area contributed by atoms with E-state index in [1.165, 1.54) is 12.5 Å². The number of carbonyl (C=O) groups is 1. The fourth-order valence-electron chi connectivity index (χ4n) is 0.949. The second kappa shape index (κ2) is 6.20. The summed E-state index contributed by atoms with van der Waals surface area (Å²) in [4.78, 5) is 13.9. The standard InChI is InChI=1S/C7H11N3O5S/c11-6(12)5-8-1-3-10(16(13)14)7-9-2-4-15-7/h2,4,8H,1,3,5H2,(H,11,12)(H,13,14)/p-1. The zero-order valence-corrected chi connectivity index (χ0v) is 8.98. The molecular weight excluding hydrogens is 238 g/mol. The van der Waals surface area contributed by atoms with Gasteiger partial charge in [0.25, 0.3) is 0 Å². The summed E-state index contributed by atoms with van der Waals surface area (Å²) in [6.45, 7) is -0.00250. The van der Waals surface area contributed by atoms with Crippen LogP contribution in [0.4, 0.5) is 6.01 Å². The fraction of sp³-hybridized carbons (Fsp3) is 0.429. The molecule has 1 atom stereocenters. The number of nitrogens with zero attached hydrogens (tertiary/aromatic N) is 2. The van der Waals surface area contributed by atoms with Gasteiger partial charge < -0.3 is 19.4 Å². The van der Waals surface area contributed by atoms with Crippen molar-refractivity contribution in [2.75, 3.05) is 23.9 Å². The van der Waals surface area contributed by atoms with Gasteiger partial charge in [0.2, 0.25) is 0 Å². The third kappa shape index (κ3) is 3.96. The molecule has 0 aliphatic rings. The van der Waals surface area contributed by atoms with Crippen molar-refractivity contribution < 1.29 is 23.1 Å². The molecule has 0 saturated carbocycles. The van der Waals surface area contributed by atoms with Gasteiger partial charge in [0.15, 0.2) is 0 Å². The Hall–Kier alpha value is -1.45. The van der Waals surface area contributed by atoms with Crippen LogP contribution in [0, 0.1) is 0 Å². The SMILES string of the molecule is O=C(O)CNCCN(c1ncco1)S(=O)[O-]. The molecule has 0 saturated heterocycles. The van der Waals surface area contributed by atoms with Crippen molar-refractivity contribution in [2.24, 2.45) is 0 Å². The average Bonchev–Trinajstić information content (AvgIpc) is 2.69. The van der Waals surface area contributed by atoms with E-state index in [1.807, 2.05) is 0 Å². The Kier molecular flexibility index (Phi) is 4.89. The summed E-state index contributed by atoms with van der Waals surface area (Å²) < 4.78 is 27.3. The maximum absolute atomic E-state index is 10.8. The van der Waals surface area contributed by atoms with Crippen molar-refractivity contribution >= 4 is 23.3 Å². The molecule has 1 aromatic rings. The first-order valence-corrected chi connectivity index (χ1v) is 5.33. The molecular formula is C7H10N3O5S-. The van der Waals surface area contributed by atoms with Crippen LogP contribution in [0.15, 0.2) is 16.9 Å². The number of aromatic nitrogens is 1. The minimum absolute atomic E-state index is 0.0455. The molecule has 0 bridgehead atoms. The van der Waals surface area contributed by atoms with Crippen molar-refractivity contribution in [3.63, 3.8) is 0 Å². The molecule has 0 spiro atoms. The number of anilines is 1. The van der Waals surface area contributed by atoms with Gasteiger partial charge in [0, 0.05) is 13.1 Å². The lowest BCUT2D eigenvalue weighted by Crippen LogP contribution is -2.35. The number of aliphatic carboxylic acids is 1. The van der Waals surface area contributed by atoms with Crippen LogP contribution in [0.3, 0.4) is 0 Å². The molecule has 1 rings (SSSR count). The number of carboxylic acids is 1. The highest BCUT2D eigenvalue weighted by Crippen LogP contribution is 2.10. The molecule has 90 valence electrons. The normalized spacial score (nSPS) is 12.3. The minimum Gasteiger partial charge on any atom is -0.755 e. The van der Waals surface area contributed by atoms with Crippen molar-refractivity contribution in [1.29, 1.82) is 0 Å². The van der Waals surface area contributed by atoms with Crippen LogP contribution in [-0.4, -0.2) is 44.5 Å². The zero-order chi connectivity index (χ0) is 12.0. The van der Waals surface area contributed by atoms with Crippen molar-refractivity contribution in [3.05, 3.63) is 12.5 Å². The molecule has 0 aromatic carbocycles. The molecule has 0 aliphatic carbocycles. The molecule has 0 aliphatic heterocycles. The summed E-state index contributed by atoms with van der Waals surface area (Å²) in [5.41, 5.74) is 0. The van der Waals surface area contributed by atoms with Gasteiger partial charge in [-0.2, -0.15) is 0 Å². The smallest absolute Gasteiger partial charge is 0.317 e. The Balaban J connectivity index is 2.41. The quantitative estimate of drug-likeness (QED) is 0.466. The first kappa shape index (κ1) is 12.6. The van der Waals surface area contributed by atoms with E-state index in [4.69, 9.17) is 9.52 Å². The Morgan fingerprint density at radius 2 is 2.50 bits per heavy atom. The second-order valence-electron chi connectivity index (χ2n) is 2.70. The number of hydrogen-bond acceptors (Lipinski definition) is 6. The van der Waals surface area contributed by atoms with Crippen molar-refractivity contribution in [1.82, 2.24) is 10.3 Å². The monoisotopic (exact) mass is 248 g/mol. The van der Waals surface area contributed by atoms with Gasteiger partial charge in [-0.05, 0) is 0 Å². The maximum Gasteiger partial charge on any atom is 0.317 e. The Bertz CT molecular complexity index is 355. The third-order valence-corrected chi connectivity index (χ3v) is 2.28. The van der Waals surface area contributed by atoms with Crippen molar-refractivity contribution in [2.45, 2.75) is 0 Å². The second-order valence-corrected chi connectivity index (χ2v) is 3.58. The summed E-state index contributed by atoms with van der Waals surface area (Å²) in [5, 5.41) is 10.9. The molecule has 1 unspecified atom stereocenters. The largest absolute Gasteiger partial charge is 0.755 e. The number of rotatable bonds is 7. The highest BCUT2D eigenvalue weighted by molar-refractivity contribution is 7.80. The van der Waals surface area contributed by atoms with Crippen LogP contribution in [0.5, 0.6) is 0 Å². The van der Waals surface area contributed by atoms with Gasteiger partial charge in [-0.15, -0.1) is 0 Å².